The molecular formula is C11H21N3S. The van der Waals surface area contributed by atoms with E-state index in [0.717, 1.165) is 5.17 Å². The Labute approximate surface area is 96.7 Å². The van der Waals surface area contributed by atoms with Gasteiger partial charge in [0.15, 0.2) is 5.17 Å². The van der Waals surface area contributed by atoms with Crippen molar-refractivity contribution in [2.75, 3.05) is 18.8 Å². The summed E-state index contributed by atoms with van der Waals surface area (Å²) in [5.74, 6) is 1.91. The van der Waals surface area contributed by atoms with Gasteiger partial charge < -0.3 is 0 Å². The van der Waals surface area contributed by atoms with Gasteiger partial charge in [0.25, 0.3) is 0 Å². The van der Waals surface area contributed by atoms with Crippen LogP contribution >= 0.6 is 11.8 Å². The summed E-state index contributed by atoms with van der Waals surface area (Å²) in [5.41, 5.74) is 3.46. The smallest absolute Gasteiger partial charge is 0.171 e. The second kappa shape index (κ2) is 5.21. The molecule has 2 atom stereocenters. The number of thioether (sulfide) groups is 1. The lowest BCUT2D eigenvalue weighted by atomic mass is 10.1. The van der Waals surface area contributed by atoms with Crippen LogP contribution in [0.4, 0.5) is 0 Å². The Morgan fingerprint density at radius 1 is 1.27 bits per heavy atom. The molecule has 2 rings (SSSR count). The molecule has 1 fully saturated rings. The summed E-state index contributed by atoms with van der Waals surface area (Å²) < 4.78 is 0. The molecule has 3 nitrogen and oxygen atoms in total. The van der Waals surface area contributed by atoms with Gasteiger partial charge >= 0.3 is 0 Å². The molecule has 0 aromatic carbocycles. The van der Waals surface area contributed by atoms with E-state index in [4.69, 9.17) is 0 Å². The van der Waals surface area contributed by atoms with Crippen LogP contribution in [0.2, 0.25) is 0 Å². The van der Waals surface area contributed by atoms with Crippen molar-refractivity contribution in [2.24, 2.45) is 10.9 Å². The van der Waals surface area contributed by atoms with Gasteiger partial charge in [-0.3, -0.25) is 10.4 Å². The fourth-order valence-electron chi connectivity index (χ4n) is 1.90. The molecule has 1 N–H and O–H groups in total. The average Bonchev–Trinajstić information content (AvgIpc) is 2.25. The van der Waals surface area contributed by atoms with E-state index in [1.165, 1.54) is 38.1 Å². The lowest BCUT2D eigenvalue weighted by Gasteiger charge is -2.31. The third-order valence-electron chi connectivity index (χ3n) is 3.24. The molecule has 4 heteroatoms. The topological polar surface area (TPSA) is 27.6 Å². The molecule has 0 aromatic heterocycles. The zero-order valence-corrected chi connectivity index (χ0v) is 10.5. The SMILES string of the molecule is CC1CSC(NN2CCCCC2)=NC1C. The van der Waals surface area contributed by atoms with Crippen molar-refractivity contribution >= 4 is 16.9 Å². The number of amidine groups is 1. The van der Waals surface area contributed by atoms with Crippen LogP contribution in [0.1, 0.15) is 33.1 Å². The number of nitrogens with one attached hydrogen (secondary N) is 1. The van der Waals surface area contributed by atoms with Crippen LogP contribution in [0.3, 0.4) is 0 Å². The van der Waals surface area contributed by atoms with Crippen molar-refractivity contribution in [2.45, 2.75) is 39.2 Å². The molecule has 86 valence electrons. The largest absolute Gasteiger partial charge is 0.298 e. The maximum absolute atomic E-state index is 4.68. The first-order valence-electron chi connectivity index (χ1n) is 5.98. The molecule has 2 aliphatic heterocycles. The Morgan fingerprint density at radius 2 is 2.00 bits per heavy atom. The van der Waals surface area contributed by atoms with Crippen LogP contribution in [0.5, 0.6) is 0 Å². The lowest BCUT2D eigenvalue weighted by molar-refractivity contribution is 0.195. The zero-order chi connectivity index (χ0) is 10.7. The monoisotopic (exact) mass is 227 g/mol. The van der Waals surface area contributed by atoms with Gasteiger partial charge in [0, 0.05) is 18.8 Å². The zero-order valence-electron chi connectivity index (χ0n) is 9.70. The number of hydrazine groups is 1. The first-order chi connectivity index (χ1) is 7.25. The van der Waals surface area contributed by atoms with E-state index in [9.17, 15) is 0 Å². The summed E-state index contributed by atoms with van der Waals surface area (Å²) in [5, 5.41) is 3.44. The predicted molar refractivity (Wildman–Crippen MR) is 67.1 cm³/mol. The molecule has 0 bridgehead atoms. The highest BCUT2D eigenvalue weighted by molar-refractivity contribution is 8.13. The third-order valence-corrected chi connectivity index (χ3v) is 4.40. The molecule has 0 aliphatic carbocycles. The summed E-state index contributed by atoms with van der Waals surface area (Å²) in [6.45, 7) is 6.83. The van der Waals surface area contributed by atoms with Gasteiger partial charge in [0.05, 0.1) is 6.04 Å². The number of rotatable bonds is 1. The fourth-order valence-corrected chi connectivity index (χ4v) is 3.03. The van der Waals surface area contributed by atoms with Gasteiger partial charge in [0.1, 0.15) is 0 Å². The molecule has 0 saturated carbocycles. The van der Waals surface area contributed by atoms with E-state index in [2.05, 4.69) is 29.3 Å². The molecule has 0 aromatic rings. The minimum atomic E-state index is 0.471. The summed E-state index contributed by atoms with van der Waals surface area (Å²) in [6, 6.07) is 0.471. The second-order valence-electron chi connectivity index (χ2n) is 4.62. The number of aliphatic imine (C=N–C) groups is 1. The van der Waals surface area contributed by atoms with Crippen molar-refractivity contribution in [3.05, 3.63) is 0 Å². The number of hydrogen-bond acceptors (Lipinski definition) is 4. The van der Waals surface area contributed by atoms with Crippen molar-refractivity contribution in [3.8, 4) is 0 Å². The van der Waals surface area contributed by atoms with Gasteiger partial charge in [-0.2, -0.15) is 0 Å². The van der Waals surface area contributed by atoms with Crippen LogP contribution in [0.25, 0.3) is 0 Å². The van der Waals surface area contributed by atoms with Crippen molar-refractivity contribution in [1.82, 2.24) is 10.4 Å². The van der Waals surface area contributed by atoms with Crippen LogP contribution in [0, 0.1) is 5.92 Å². The second-order valence-corrected chi connectivity index (χ2v) is 5.63. The quantitative estimate of drug-likeness (QED) is 0.743. The van der Waals surface area contributed by atoms with E-state index in [0.29, 0.717) is 12.0 Å². The van der Waals surface area contributed by atoms with Crippen LogP contribution in [-0.2, 0) is 0 Å². The molecule has 0 spiro atoms. The summed E-state index contributed by atoms with van der Waals surface area (Å²) in [7, 11) is 0. The van der Waals surface area contributed by atoms with Gasteiger partial charge in [-0.25, -0.2) is 5.01 Å². The number of piperidine rings is 1. The van der Waals surface area contributed by atoms with E-state index >= 15 is 0 Å². The molecule has 2 unspecified atom stereocenters. The minimum Gasteiger partial charge on any atom is -0.298 e. The lowest BCUT2D eigenvalue weighted by Crippen LogP contribution is -2.45. The normalized spacial score (nSPS) is 33.6. The van der Waals surface area contributed by atoms with Crippen LogP contribution in [-0.4, -0.2) is 35.1 Å². The van der Waals surface area contributed by atoms with Gasteiger partial charge in [-0.1, -0.05) is 25.1 Å². The molecule has 2 heterocycles. The Kier molecular flexibility index (Phi) is 3.92. The molecule has 1 saturated heterocycles. The minimum absolute atomic E-state index is 0.471. The highest BCUT2D eigenvalue weighted by Gasteiger charge is 2.20. The van der Waals surface area contributed by atoms with Crippen molar-refractivity contribution < 1.29 is 0 Å². The highest BCUT2D eigenvalue weighted by atomic mass is 32.2. The van der Waals surface area contributed by atoms with Gasteiger partial charge in [0.2, 0.25) is 0 Å². The molecule has 0 radical (unpaired) electrons. The first-order valence-corrected chi connectivity index (χ1v) is 6.96. The van der Waals surface area contributed by atoms with E-state index in [1.54, 1.807) is 0 Å². The first kappa shape index (κ1) is 11.3. The molecule has 2 aliphatic rings. The summed E-state index contributed by atoms with van der Waals surface area (Å²) in [4.78, 5) is 4.68. The standard InChI is InChI=1S/C11H21N3S/c1-9-8-15-11(12-10(9)2)13-14-6-4-3-5-7-14/h9-10H,3-8H2,1-2H3,(H,12,13). The van der Waals surface area contributed by atoms with E-state index in [-0.39, 0.29) is 0 Å². The van der Waals surface area contributed by atoms with Crippen LogP contribution in [0.15, 0.2) is 4.99 Å². The third kappa shape index (κ3) is 3.11. The maximum atomic E-state index is 4.68. The van der Waals surface area contributed by atoms with E-state index < -0.39 is 0 Å². The predicted octanol–water partition coefficient (Wildman–Crippen LogP) is 2.10. The molecule has 15 heavy (non-hydrogen) atoms. The molecular weight excluding hydrogens is 206 g/mol. The Morgan fingerprint density at radius 3 is 2.67 bits per heavy atom. The Bertz CT molecular complexity index is 236. The van der Waals surface area contributed by atoms with Crippen LogP contribution < -0.4 is 5.43 Å². The number of nitrogens with zero attached hydrogens (tertiary/aromatic N) is 2. The van der Waals surface area contributed by atoms with Crippen molar-refractivity contribution in [1.29, 1.82) is 0 Å². The van der Waals surface area contributed by atoms with Gasteiger partial charge in [-0.15, -0.1) is 0 Å². The molecule has 0 amide bonds. The summed E-state index contributed by atoms with van der Waals surface area (Å²) >= 11 is 1.87. The number of hydrogen-bond donors (Lipinski definition) is 1. The Balaban J connectivity index is 1.85. The van der Waals surface area contributed by atoms with Gasteiger partial charge in [-0.05, 0) is 25.7 Å². The average molecular weight is 227 g/mol. The Hall–Kier alpha value is -0.220. The van der Waals surface area contributed by atoms with Crippen molar-refractivity contribution in [3.63, 3.8) is 0 Å². The fraction of sp³-hybridized carbons (Fsp3) is 0.909. The highest BCUT2D eigenvalue weighted by Crippen LogP contribution is 2.22. The maximum Gasteiger partial charge on any atom is 0.171 e. The summed E-state index contributed by atoms with van der Waals surface area (Å²) in [6.07, 6.45) is 4.01. The van der Waals surface area contributed by atoms with E-state index in [1.807, 2.05) is 11.8 Å².